The van der Waals surface area contributed by atoms with Crippen molar-refractivity contribution in [2.24, 2.45) is 0 Å². The molecule has 20 heavy (non-hydrogen) atoms. The second kappa shape index (κ2) is 18.4. The molecule has 0 bridgehead atoms. The van der Waals surface area contributed by atoms with Gasteiger partial charge < -0.3 is 5.11 Å². The van der Waals surface area contributed by atoms with Crippen molar-refractivity contribution in [1.29, 1.82) is 0 Å². The third-order valence-electron chi connectivity index (χ3n) is 3.59. The molecular formula is C19H36O. The van der Waals surface area contributed by atoms with E-state index in [2.05, 4.69) is 31.2 Å². The molecule has 118 valence electrons. The van der Waals surface area contributed by atoms with Crippen LogP contribution in [-0.2, 0) is 0 Å². The maximum absolute atomic E-state index is 8.64. The van der Waals surface area contributed by atoms with Crippen molar-refractivity contribution in [1.82, 2.24) is 0 Å². The molecule has 0 saturated heterocycles. The first-order chi connectivity index (χ1) is 9.91. The molecule has 0 aromatic carbocycles. The molecule has 0 rings (SSSR count). The number of allylic oxidation sites excluding steroid dienone is 4. The number of hydrogen-bond acceptors (Lipinski definition) is 1. The van der Waals surface area contributed by atoms with Crippen molar-refractivity contribution in [3.8, 4) is 0 Å². The van der Waals surface area contributed by atoms with Crippen molar-refractivity contribution >= 4 is 0 Å². The number of hydrogen-bond donors (Lipinski definition) is 1. The lowest BCUT2D eigenvalue weighted by atomic mass is 10.1. The molecule has 0 heterocycles. The van der Waals surface area contributed by atoms with Gasteiger partial charge in [-0.3, -0.25) is 0 Å². The first-order valence-electron chi connectivity index (χ1n) is 8.82. The van der Waals surface area contributed by atoms with E-state index in [1.54, 1.807) is 0 Å². The molecule has 1 nitrogen and oxygen atoms in total. The summed E-state index contributed by atoms with van der Waals surface area (Å²) in [6.07, 6.45) is 25.8. The zero-order valence-corrected chi connectivity index (χ0v) is 13.7. The summed E-state index contributed by atoms with van der Waals surface area (Å²) in [7, 11) is 0. The van der Waals surface area contributed by atoms with Crippen LogP contribution in [0.1, 0.15) is 90.4 Å². The minimum absolute atomic E-state index is 0.308. The summed E-state index contributed by atoms with van der Waals surface area (Å²) in [4.78, 5) is 0. The van der Waals surface area contributed by atoms with E-state index < -0.39 is 0 Å². The Labute approximate surface area is 127 Å². The lowest BCUT2D eigenvalue weighted by molar-refractivity contribution is 0.289. The Balaban J connectivity index is 3.10. The van der Waals surface area contributed by atoms with Gasteiger partial charge in [-0.1, -0.05) is 76.2 Å². The largest absolute Gasteiger partial charge is 0.396 e. The van der Waals surface area contributed by atoms with Crippen molar-refractivity contribution in [2.75, 3.05) is 6.61 Å². The highest BCUT2D eigenvalue weighted by atomic mass is 16.2. The van der Waals surface area contributed by atoms with E-state index in [4.69, 9.17) is 5.11 Å². The van der Waals surface area contributed by atoms with Gasteiger partial charge in [0.25, 0.3) is 0 Å². The van der Waals surface area contributed by atoms with Crippen LogP contribution in [0, 0.1) is 0 Å². The molecule has 0 radical (unpaired) electrons. The summed E-state index contributed by atoms with van der Waals surface area (Å²) in [5.74, 6) is 0. The molecule has 0 unspecified atom stereocenters. The van der Waals surface area contributed by atoms with Crippen LogP contribution >= 0.6 is 0 Å². The predicted molar refractivity (Wildman–Crippen MR) is 91.1 cm³/mol. The summed E-state index contributed by atoms with van der Waals surface area (Å²) in [5.41, 5.74) is 0. The molecule has 0 aliphatic heterocycles. The van der Waals surface area contributed by atoms with Gasteiger partial charge in [0.2, 0.25) is 0 Å². The third kappa shape index (κ3) is 17.4. The van der Waals surface area contributed by atoms with E-state index in [0.717, 1.165) is 25.7 Å². The highest BCUT2D eigenvalue weighted by Crippen LogP contribution is 2.09. The Morgan fingerprint density at radius 3 is 1.55 bits per heavy atom. The SMILES string of the molecule is CCCCCCCCCC/C=C\CC/C=C/CCCO. The summed E-state index contributed by atoms with van der Waals surface area (Å²) in [6, 6.07) is 0. The van der Waals surface area contributed by atoms with Gasteiger partial charge in [0.05, 0.1) is 0 Å². The van der Waals surface area contributed by atoms with Gasteiger partial charge in [0.1, 0.15) is 0 Å². The van der Waals surface area contributed by atoms with Crippen LogP contribution in [0.25, 0.3) is 0 Å². The van der Waals surface area contributed by atoms with Gasteiger partial charge in [-0.05, 0) is 38.5 Å². The Morgan fingerprint density at radius 1 is 0.550 bits per heavy atom. The molecule has 0 fully saturated rings. The smallest absolute Gasteiger partial charge is 0.0433 e. The van der Waals surface area contributed by atoms with Crippen molar-refractivity contribution in [2.45, 2.75) is 90.4 Å². The van der Waals surface area contributed by atoms with Crippen LogP contribution in [0.5, 0.6) is 0 Å². The molecule has 1 heteroatoms. The zero-order chi connectivity index (χ0) is 14.7. The van der Waals surface area contributed by atoms with Crippen LogP contribution in [0.4, 0.5) is 0 Å². The van der Waals surface area contributed by atoms with E-state index in [1.807, 2.05) is 0 Å². The number of aliphatic hydroxyl groups excluding tert-OH is 1. The normalized spacial score (nSPS) is 11.9. The lowest BCUT2D eigenvalue weighted by Gasteiger charge is -1.99. The van der Waals surface area contributed by atoms with Crippen molar-refractivity contribution in [3.05, 3.63) is 24.3 Å². The molecule has 0 aromatic rings. The monoisotopic (exact) mass is 280 g/mol. The Morgan fingerprint density at radius 2 is 1.00 bits per heavy atom. The quantitative estimate of drug-likeness (QED) is 0.280. The van der Waals surface area contributed by atoms with Crippen LogP contribution in [0.15, 0.2) is 24.3 Å². The molecule has 0 aliphatic carbocycles. The number of aliphatic hydroxyl groups is 1. The maximum atomic E-state index is 8.64. The molecule has 0 atom stereocenters. The predicted octanol–water partition coefficient (Wildman–Crippen LogP) is 6.18. The summed E-state index contributed by atoms with van der Waals surface area (Å²) >= 11 is 0. The van der Waals surface area contributed by atoms with Crippen LogP contribution in [0.2, 0.25) is 0 Å². The fraction of sp³-hybridized carbons (Fsp3) is 0.789. The van der Waals surface area contributed by atoms with E-state index >= 15 is 0 Å². The third-order valence-corrected chi connectivity index (χ3v) is 3.59. The average Bonchev–Trinajstić information content (AvgIpc) is 2.47. The second-order valence-electron chi connectivity index (χ2n) is 5.65. The lowest BCUT2D eigenvalue weighted by Crippen LogP contribution is -1.80. The van der Waals surface area contributed by atoms with Gasteiger partial charge in [-0.15, -0.1) is 0 Å². The summed E-state index contributed by atoms with van der Waals surface area (Å²) < 4.78 is 0. The molecular weight excluding hydrogens is 244 g/mol. The average molecular weight is 280 g/mol. The molecule has 0 aliphatic rings. The highest BCUT2D eigenvalue weighted by molar-refractivity contribution is 4.87. The minimum atomic E-state index is 0.308. The summed E-state index contributed by atoms with van der Waals surface area (Å²) in [6.45, 7) is 2.58. The summed E-state index contributed by atoms with van der Waals surface area (Å²) in [5, 5.41) is 8.64. The zero-order valence-electron chi connectivity index (χ0n) is 13.7. The van der Waals surface area contributed by atoms with E-state index in [0.29, 0.717) is 6.61 Å². The molecule has 0 aromatic heterocycles. The van der Waals surface area contributed by atoms with Crippen molar-refractivity contribution in [3.63, 3.8) is 0 Å². The second-order valence-corrected chi connectivity index (χ2v) is 5.65. The van der Waals surface area contributed by atoms with Crippen LogP contribution in [0.3, 0.4) is 0 Å². The first-order valence-corrected chi connectivity index (χ1v) is 8.82. The minimum Gasteiger partial charge on any atom is -0.396 e. The van der Waals surface area contributed by atoms with Gasteiger partial charge in [0.15, 0.2) is 0 Å². The molecule has 0 spiro atoms. The van der Waals surface area contributed by atoms with Crippen LogP contribution in [-0.4, -0.2) is 11.7 Å². The Hall–Kier alpha value is -0.560. The van der Waals surface area contributed by atoms with Gasteiger partial charge in [0, 0.05) is 6.61 Å². The highest BCUT2D eigenvalue weighted by Gasteiger charge is 1.90. The van der Waals surface area contributed by atoms with Gasteiger partial charge >= 0.3 is 0 Å². The van der Waals surface area contributed by atoms with Crippen molar-refractivity contribution < 1.29 is 5.11 Å². The molecule has 0 saturated carbocycles. The Bertz CT molecular complexity index is 218. The number of rotatable bonds is 15. The fourth-order valence-electron chi connectivity index (χ4n) is 2.27. The Kier molecular flexibility index (Phi) is 17.9. The molecule has 1 N–H and O–H groups in total. The van der Waals surface area contributed by atoms with Gasteiger partial charge in [-0.25, -0.2) is 0 Å². The standard InChI is InChI=1S/C19H36O/c1-2-3-4-5-6-7-8-9-10-11-12-13-14-15-16-17-18-19-20/h11-12,15-16,20H,2-10,13-14,17-19H2,1H3/b12-11-,16-15+. The van der Waals surface area contributed by atoms with E-state index in [1.165, 1.54) is 57.8 Å². The van der Waals surface area contributed by atoms with E-state index in [9.17, 15) is 0 Å². The number of unbranched alkanes of at least 4 members (excludes halogenated alkanes) is 10. The van der Waals surface area contributed by atoms with Gasteiger partial charge in [-0.2, -0.15) is 0 Å². The first kappa shape index (κ1) is 19.4. The topological polar surface area (TPSA) is 20.2 Å². The van der Waals surface area contributed by atoms with E-state index in [-0.39, 0.29) is 0 Å². The fourth-order valence-corrected chi connectivity index (χ4v) is 2.27. The van der Waals surface area contributed by atoms with Crippen LogP contribution < -0.4 is 0 Å². The molecule has 0 amide bonds. The maximum Gasteiger partial charge on any atom is 0.0433 e.